The molecule has 0 bridgehead atoms. The van der Waals surface area contributed by atoms with Crippen molar-refractivity contribution >= 4 is 33.2 Å². The molecule has 0 aromatic heterocycles. The lowest BCUT2D eigenvalue weighted by Crippen LogP contribution is -2.43. The summed E-state index contributed by atoms with van der Waals surface area (Å²) in [6.45, 7) is 7.46. The lowest BCUT2D eigenvalue weighted by atomic mass is 10.1. The first-order chi connectivity index (χ1) is 9.10. The number of nitro benzene ring substituents is 1. The molecule has 1 rings (SSSR count). The lowest BCUT2D eigenvalue weighted by Gasteiger charge is -2.21. The Balaban J connectivity index is 2.77. The van der Waals surface area contributed by atoms with E-state index < -0.39 is 4.92 Å². The Morgan fingerprint density at radius 2 is 2.00 bits per heavy atom. The maximum atomic E-state index is 11.7. The van der Waals surface area contributed by atoms with Gasteiger partial charge in [0.05, 0.1) is 11.5 Å². The van der Waals surface area contributed by atoms with Crippen molar-refractivity contribution in [2.75, 3.05) is 11.9 Å². The Labute approximate surface area is 126 Å². The number of carbonyl (C=O) groups is 1. The Morgan fingerprint density at radius 1 is 1.40 bits per heavy atom. The number of amides is 1. The van der Waals surface area contributed by atoms with Gasteiger partial charge in [0, 0.05) is 27.3 Å². The second-order valence-electron chi connectivity index (χ2n) is 5.53. The van der Waals surface area contributed by atoms with Crippen LogP contribution < -0.4 is 10.6 Å². The van der Waals surface area contributed by atoms with Gasteiger partial charge < -0.3 is 10.6 Å². The summed E-state index contributed by atoms with van der Waals surface area (Å²) in [5, 5.41) is 16.6. The number of benzene rings is 1. The van der Waals surface area contributed by atoms with Crippen molar-refractivity contribution < 1.29 is 9.72 Å². The smallest absolute Gasteiger partial charge is 0.273 e. The van der Waals surface area contributed by atoms with Gasteiger partial charge in [0.2, 0.25) is 5.91 Å². The number of nitrogens with one attached hydrogen (secondary N) is 2. The summed E-state index contributed by atoms with van der Waals surface area (Å²) in [6, 6.07) is 3.08. The zero-order chi connectivity index (χ0) is 15.5. The Morgan fingerprint density at radius 3 is 2.50 bits per heavy atom. The Hall–Kier alpha value is -1.63. The molecule has 6 nitrogen and oxygen atoms in total. The van der Waals surface area contributed by atoms with Gasteiger partial charge in [-0.25, -0.2) is 0 Å². The minimum atomic E-state index is -0.434. The van der Waals surface area contributed by atoms with Crippen molar-refractivity contribution in [1.82, 2.24) is 5.32 Å². The van der Waals surface area contributed by atoms with Gasteiger partial charge in [-0.05, 0) is 49.7 Å². The maximum Gasteiger partial charge on any atom is 0.273 e. The lowest BCUT2D eigenvalue weighted by molar-refractivity contribution is -0.385. The van der Waals surface area contributed by atoms with Crippen LogP contribution in [0.3, 0.4) is 0 Å². The van der Waals surface area contributed by atoms with E-state index in [4.69, 9.17) is 0 Å². The largest absolute Gasteiger partial charge is 0.375 e. The number of carbonyl (C=O) groups excluding carboxylic acids is 1. The van der Waals surface area contributed by atoms with E-state index in [1.54, 1.807) is 13.0 Å². The normalized spacial score (nSPS) is 11.1. The summed E-state index contributed by atoms with van der Waals surface area (Å²) < 4.78 is 0.554. The minimum absolute atomic E-state index is 0.0431. The summed E-state index contributed by atoms with van der Waals surface area (Å²) in [4.78, 5) is 22.1. The topological polar surface area (TPSA) is 84.3 Å². The number of aryl methyl sites for hydroxylation is 1. The Bertz CT molecular complexity index is 538. The highest BCUT2D eigenvalue weighted by Gasteiger charge is 2.16. The number of rotatable bonds is 4. The van der Waals surface area contributed by atoms with E-state index in [2.05, 4.69) is 26.6 Å². The molecule has 1 aromatic rings. The van der Waals surface area contributed by atoms with Gasteiger partial charge in [0.1, 0.15) is 0 Å². The average Bonchev–Trinajstić information content (AvgIpc) is 2.27. The molecule has 0 aliphatic heterocycles. The third kappa shape index (κ3) is 4.80. The van der Waals surface area contributed by atoms with E-state index in [-0.39, 0.29) is 23.7 Å². The van der Waals surface area contributed by atoms with Crippen LogP contribution in [0.5, 0.6) is 0 Å². The predicted octanol–water partition coefficient (Wildman–Crippen LogP) is 2.99. The highest BCUT2D eigenvalue weighted by Crippen LogP contribution is 2.30. The quantitative estimate of drug-likeness (QED) is 0.650. The molecule has 0 saturated heterocycles. The van der Waals surface area contributed by atoms with Crippen LogP contribution in [-0.2, 0) is 4.79 Å². The van der Waals surface area contributed by atoms with Crippen LogP contribution in [-0.4, -0.2) is 22.9 Å². The SMILES string of the molecule is Cc1cc(NCC(=O)NC(C)(C)C)c(Br)cc1[N+](=O)[O-]. The summed E-state index contributed by atoms with van der Waals surface area (Å²) >= 11 is 3.26. The van der Waals surface area contributed by atoms with E-state index in [1.165, 1.54) is 6.07 Å². The number of halogens is 1. The number of nitro groups is 1. The van der Waals surface area contributed by atoms with E-state index in [0.717, 1.165) is 0 Å². The molecule has 0 aliphatic rings. The maximum absolute atomic E-state index is 11.7. The minimum Gasteiger partial charge on any atom is -0.375 e. The first-order valence-electron chi connectivity index (χ1n) is 6.09. The van der Waals surface area contributed by atoms with Crippen molar-refractivity contribution in [3.8, 4) is 0 Å². The van der Waals surface area contributed by atoms with Gasteiger partial charge in [-0.1, -0.05) is 0 Å². The molecule has 0 heterocycles. The molecular weight excluding hydrogens is 326 g/mol. The number of anilines is 1. The third-order valence-corrected chi connectivity index (χ3v) is 3.09. The average molecular weight is 344 g/mol. The van der Waals surface area contributed by atoms with E-state index in [1.807, 2.05) is 20.8 Å². The molecule has 7 heteroatoms. The first kappa shape index (κ1) is 16.4. The van der Waals surface area contributed by atoms with Gasteiger partial charge in [0.15, 0.2) is 0 Å². The van der Waals surface area contributed by atoms with E-state index in [0.29, 0.717) is 15.7 Å². The first-order valence-corrected chi connectivity index (χ1v) is 6.89. The van der Waals surface area contributed by atoms with E-state index in [9.17, 15) is 14.9 Å². The highest BCUT2D eigenvalue weighted by molar-refractivity contribution is 9.10. The summed E-state index contributed by atoms with van der Waals surface area (Å²) in [7, 11) is 0. The predicted molar refractivity (Wildman–Crippen MR) is 81.9 cm³/mol. The van der Waals surface area contributed by atoms with Crippen LogP contribution in [0.4, 0.5) is 11.4 Å². The standard InChI is InChI=1S/C13H18BrN3O3/c1-8-5-10(9(14)6-11(8)17(19)20)15-7-12(18)16-13(2,3)4/h5-6,15H,7H2,1-4H3,(H,16,18). The monoisotopic (exact) mass is 343 g/mol. The molecule has 0 aliphatic carbocycles. The number of hydrogen-bond acceptors (Lipinski definition) is 4. The molecule has 0 spiro atoms. The Kier molecular flexibility index (Phi) is 5.10. The summed E-state index contributed by atoms with van der Waals surface area (Å²) in [6.07, 6.45) is 0. The molecule has 110 valence electrons. The fourth-order valence-corrected chi connectivity index (χ4v) is 2.11. The van der Waals surface area contributed by atoms with Crippen molar-refractivity contribution in [3.05, 3.63) is 32.3 Å². The van der Waals surface area contributed by atoms with Gasteiger partial charge in [0.25, 0.3) is 5.69 Å². The van der Waals surface area contributed by atoms with Crippen molar-refractivity contribution in [2.24, 2.45) is 0 Å². The summed E-state index contributed by atoms with van der Waals surface area (Å²) in [5.74, 6) is -0.139. The van der Waals surface area contributed by atoms with Crippen LogP contribution in [0, 0.1) is 17.0 Å². The molecule has 0 unspecified atom stereocenters. The fraction of sp³-hybridized carbons (Fsp3) is 0.462. The second kappa shape index (κ2) is 6.21. The molecule has 2 N–H and O–H groups in total. The van der Waals surface area contributed by atoms with Gasteiger partial charge in [-0.3, -0.25) is 14.9 Å². The third-order valence-electron chi connectivity index (χ3n) is 2.44. The fourth-order valence-electron chi connectivity index (χ4n) is 1.64. The molecule has 0 fully saturated rings. The van der Waals surface area contributed by atoms with Crippen LogP contribution >= 0.6 is 15.9 Å². The van der Waals surface area contributed by atoms with Crippen molar-refractivity contribution in [1.29, 1.82) is 0 Å². The van der Waals surface area contributed by atoms with Crippen molar-refractivity contribution in [3.63, 3.8) is 0 Å². The highest BCUT2D eigenvalue weighted by atomic mass is 79.9. The van der Waals surface area contributed by atoms with Crippen LogP contribution in [0.1, 0.15) is 26.3 Å². The molecule has 0 atom stereocenters. The molecule has 1 amide bonds. The van der Waals surface area contributed by atoms with Gasteiger partial charge >= 0.3 is 0 Å². The van der Waals surface area contributed by atoms with E-state index >= 15 is 0 Å². The molecule has 0 saturated carbocycles. The zero-order valence-corrected chi connectivity index (χ0v) is 13.5. The molecular formula is C13H18BrN3O3. The molecule has 0 radical (unpaired) electrons. The second-order valence-corrected chi connectivity index (χ2v) is 6.38. The van der Waals surface area contributed by atoms with Gasteiger partial charge in [-0.15, -0.1) is 0 Å². The zero-order valence-electron chi connectivity index (χ0n) is 11.9. The van der Waals surface area contributed by atoms with Crippen LogP contribution in [0.2, 0.25) is 0 Å². The van der Waals surface area contributed by atoms with Crippen LogP contribution in [0.15, 0.2) is 16.6 Å². The number of nitrogens with zero attached hydrogens (tertiary/aromatic N) is 1. The summed E-state index contributed by atoms with van der Waals surface area (Å²) in [5.41, 5.74) is 0.942. The number of hydrogen-bond donors (Lipinski definition) is 2. The molecule has 1 aromatic carbocycles. The molecule has 20 heavy (non-hydrogen) atoms. The van der Waals surface area contributed by atoms with Crippen molar-refractivity contribution in [2.45, 2.75) is 33.2 Å². The van der Waals surface area contributed by atoms with Crippen LogP contribution in [0.25, 0.3) is 0 Å². The van der Waals surface area contributed by atoms with Gasteiger partial charge in [-0.2, -0.15) is 0 Å².